The van der Waals surface area contributed by atoms with Gasteiger partial charge >= 0.3 is 0 Å². The lowest BCUT2D eigenvalue weighted by Gasteiger charge is -2.27. The van der Waals surface area contributed by atoms with Crippen molar-refractivity contribution in [3.05, 3.63) is 105 Å². The minimum atomic E-state index is -1.34. The van der Waals surface area contributed by atoms with Crippen molar-refractivity contribution >= 4 is 58.5 Å². The number of carbonyl (C=O) groups excluding carboxylic acids is 4. The smallest absolute Gasteiger partial charge is 0.270 e. The molecule has 13 nitrogen and oxygen atoms in total. The minimum Gasteiger partial charge on any atom is -0.351 e. The number of anilines is 2. The van der Waals surface area contributed by atoms with Crippen molar-refractivity contribution in [3.63, 3.8) is 0 Å². The van der Waals surface area contributed by atoms with Gasteiger partial charge in [0.2, 0.25) is 11.9 Å². The number of carbonyl (C=O) groups is 4. The number of nitrogens with one attached hydrogen (secondary N) is 3. The lowest BCUT2D eigenvalue weighted by Crippen LogP contribution is -2.52. The van der Waals surface area contributed by atoms with Crippen molar-refractivity contribution in [2.75, 3.05) is 18.0 Å². The number of halogens is 2. The Morgan fingerprint density at radius 1 is 0.961 bits per heavy atom. The van der Waals surface area contributed by atoms with Crippen LogP contribution in [0.1, 0.15) is 70.3 Å². The van der Waals surface area contributed by atoms with Crippen molar-refractivity contribution in [2.45, 2.75) is 55.6 Å². The molecular formula is C36H33Cl2N9O4. The third kappa shape index (κ3) is 6.20. The standard InChI is InChI=1S/C36H33Cl2N9O4/c1-34(18-21-2-4-22(19-40)5-3-21)32(51)46(26-16-24(37)15-25(38)17-26)33-43-20-27(47(33)34)30(49)44-36(9-10-36)31(50)45-35(7-8-35)28-14-23(6-12-41-28)29(48)42-13-11-39/h2-6,12,14-17,20H,7-11,13,18,39H2,1H3,(H,42,48)(H,44,49)(H,45,50)/t34-/m1/s1. The summed E-state index contributed by atoms with van der Waals surface area (Å²) in [6.07, 6.45) is 5.14. The zero-order chi connectivity index (χ0) is 36.1. The van der Waals surface area contributed by atoms with E-state index in [1.807, 2.05) is 0 Å². The molecule has 4 amide bonds. The molecule has 2 aromatic carbocycles. The second-order valence-electron chi connectivity index (χ2n) is 13.4. The molecule has 1 aliphatic heterocycles. The van der Waals surface area contributed by atoms with Crippen LogP contribution in [0.5, 0.6) is 0 Å². The number of aromatic nitrogens is 3. The molecule has 1 atom stereocenters. The molecule has 7 rings (SSSR count). The summed E-state index contributed by atoms with van der Waals surface area (Å²) in [6, 6.07) is 16.9. The monoisotopic (exact) mass is 725 g/mol. The van der Waals surface area contributed by atoms with Gasteiger partial charge in [0.25, 0.3) is 17.7 Å². The van der Waals surface area contributed by atoms with Gasteiger partial charge in [-0.15, -0.1) is 0 Å². The Labute approximate surface area is 303 Å². The second-order valence-corrected chi connectivity index (χ2v) is 14.2. The molecule has 2 fully saturated rings. The summed E-state index contributed by atoms with van der Waals surface area (Å²) >= 11 is 12.6. The summed E-state index contributed by atoms with van der Waals surface area (Å²) in [6.45, 7) is 2.35. The number of nitrogens with two attached hydrogens (primary N) is 1. The lowest BCUT2D eigenvalue weighted by molar-refractivity contribution is -0.125. The number of imidazole rings is 1. The highest BCUT2D eigenvalue weighted by molar-refractivity contribution is 6.35. The van der Waals surface area contributed by atoms with Crippen LogP contribution in [0.2, 0.25) is 10.0 Å². The van der Waals surface area contributed by atoms with Crippen LogP contribution in [0.15, 0.2) is 67.0 Å². The van der Waals surface area contributed by atoms with E-state index in [0.717, 1.165) is 5.56 Å². The molecule has 51 heavy (non-hydrogen) atoms. The first-order valence-electron chi connectivity index (χ1n) is 16.4. The van der Waals surface area contributed by atoms with Crippen molar-refractivity contribution in [1.82, 2.24) is 30.5 Å². The molecule has 0 spiro atoms. The average molecular weight is 727 g/mol. The summed E-state index contributed by atoms with van der Waals surface area (Å²) in [5, 5.41) is 18.7. The van der Waals surface area contributed by atoms with E-state index in [1.165, 1.54) is 17.3 Å². The zero-order valence-electron chi connectivity index (χ0n) is 27.5. The van der Waals surface area contributed by atoms with Gasteiger partial charge < -0.3 is 21.7 Å². The average Bonchev–Trinajstić information content (AvgIpc) is 4.02. The number of nitrogens with zero attached hydrogens (tertiary/aromatic N) is 5. The SMILES string of the molecule is C[C@@]1(Cc2ccc(C#N)cc2)C(=O)N(c2cc(Cl)cc(Cl)c2)c2ncc(C(=O)NC3(C(=O)NC4(c5cc(C(=O)NCCN)ccn5)CC4)CC3)n21. The van der Waals surface area contributed by atoms with Gasteiger partial charge in [0.1, 0.15) is 16.8 Å². The van der Waals surface area contributed by atoms with Crippen LogP contribution in [0.25, 0.3) is 0 Å². The number of hydrogen-bond donors (Lipinski definition) is 4. The van der Waals surface area contributed by atoms with Crippen LogP contribution in [0, 0.1) is 11.3 Å². The molecule has 2 aromatic heterocycles. The summed E-state index contributed by atoms with van der Waals surface area (Å²) < 4.78 is 1.58. The zero-order valence-corrected chi connectivity index (χ0v) is 29.0. The van der Waals surface area contributed by atoms with Gasteiger partial charge in [0, 0.05) is 41.3 Å². The van der Waals surface area contributed by atoms with E-state index in [0.29, 0.717) is 71.3 Å². The van der Waals surface area contributed by atoms with Crippen LogP contribution in [-0.4, -0.2) is 56.8 Å². The highest BCUT2D eigenvalue weighted by Crippen LogP contribution is 2.48. The fourth-order valence-electron chi connectivity index (χ4n) is 6.57. The van der Waals surface area contributed by atoms with Gasteiger partial charge in [0.05, 0.1) is 34.7 Å². The van der Waals surface area contributed by atoms with Crippen LogP contribution < -0.4 is 26.6 Å². The quantitative estimate of drug-likeness (QED) is 0.179. The van der Waals surface area contributed by atoms with E-state index < -0.39 is 22.5 Å². The maximum absolute atomic E-state index is 14.4. The van der Waals surface area contributed by atoms with Gasteiger partial charge in [0.15, 0.2) is 0 Å². The Balaban J connectivity index is 1.17. The number of fused-ring (bicyclic) bond motifs is 1. The predicted octanol–water partition coefficient (Wildman–Crippen LogP) is 3.85. The van der Waals surface area contributed by atoms with E-state index in [2.05, 4.69) is 32.0 Å². The number of amides is 4. The number of rotatable bonds is 11. The fourth-order valence-corrected chi connectivity index (χ4v) is 7.08. The first kappa shape index (κ1) is 34.2. The molecule has 0 unspecified atom stereocenters. The predicted molar refractivity (Wildman–Crippen MR) is 188 cm³/mol. The fraction of sp³-hybridized carbons (Fsp3) is 0.306. The molecule has 5 N–H and O–H groups in total. The topological polar surface area (TPSA) is 188 Å². The van der Waals surface area contributed by atoms with E-state index >= 15 is 0 Å². The Kier molecular flexibility index (Phi) is 8.57. The van der Waals surface area contributed by atoms with Crippen molar-refractivity contribution < 1.29 is 19.2 Å². The molecule has 260 valence electrons. The summed E-state index contributed by atoms with van der Waals surface area (Å²) in [5.74, 6) is -1.41. The van der Waals surface area contributed by atoms with E-state index in [9.17, 15) is 24.4 Å². The van der Waals surface area contributed by atoms with Crippen molar-refractivity contribution in [2.24, 2.45) is 5.73 Å². The highest BCUT2D eigenvalue weighted by atomic mass is 35.5. The van der Waals surface area contributed by atoms with Crippen LogP contribution in [0.3, 0.4) is 0 Å². The third-order valence-electron chi connectivity index (χ3n) is 9.65. The molecule has 0 saturated heterocycles. The molecule has 2 aliphatic carbocycles. The normalized spacial score (nSPS) is 19.1. The molecule has 0 bridgehead atoms. The van der Waals surface area contributed by atoms with Crippen LogP contribution in [0.4, 0.5) is 11.6 Å². The van der Waals surface area contributed by atoms with Gasteiger partial charge in [-0.1, -0.05) is 35.3 Å². The Morgan fingerprint density at radius 3 is 2.29 bits per heavy atom. The first-order chi connectivity index (χ1) is 24.4. The molecule has 15 heteroatoms. The number of pyridine rings is 1. The maximum atomic E-state index is 14.4. The number of benzene rings is 2. The number of hydrogen-bond acceptors (Lipinski definition) is 8. The molecular weight excluding hydrogens is 693 g/mol. The van der Waals surface area contributed by atoms with Crippen LogP contribution in [-0.2, 0) is 27.1 Å². The van der Waals surface area contributed by atoms with Gasteiger partial charge in [-0.2, -0.15) is 5.26 Å². The molecule has 2 saturated carbocycles. The third-order valence-corrected chi connectivity index (χ3v) is 10.1. The van der Waals surface area contributed by atoms with E-state index in [-0.39, 0.29) is 35.8 Å². The summed E-state index contributed by atoms with van der Waals surface area (Å²) in [7, 11) is 0. The summed E-state index contributed by atoms with van der Waals surface area (Å²) in [4.78, 5) is 65.3. The van der Waals surface area contributed by atoms with E-state index in [1.54, 1.807) is 66.1 Å². The van der Waals surface area contributed by atoms with Crippen molar-refractivity contribution in [3.8, 4) is 6.07 Å². The largest absolute Gasteiger partial charge is 0.351 e. The summed E-state index contributed by atoms with van der Waals surface area (Å²) in [5.41, 5.74) is 4.89. The Hall–Kier alpha value is -5.29. The maximum Gasteiger partial charge on any atom is 0.270 e. The van der Waals surface area contributed by atoms with E-state index in [4.69, 9.17) is 28.9 Å². The molecule has 3 aliphatic rings. The number of nitriles is 1. The second kappa shape index (κ2) is 12.8. The van der Waals surface area contributed by atoms with Crippen molar-refractivity contribution in [1.29, 1.82) is 5.26 Å². The van der Waals surface area contributed by atoms with Crippen LogP contribution >= 0.6 is 23.2 Å². The molecule has 0 radical (unpaired) electrons. The lowest BCUT2D eigenvalue weighted by atomic mass is 9.91. The Bertz CT molecular complexity index is 2120. The molecule has 3 heterocycles. The minimum absolute atomic E-state index is 0.0863. The van der Waals surface area contributed by atoms with Gasteiger partial charge in [-0.3, -0.25) is 28.7 Å². The molecule has 4 aromatic rings. The Morgan fingerprint density at radius 2 is 1.67 bits per heavy atom. The van der Waals surface area contributed by atoms with Gasteiger partial charge in [-0.25, -0.2) is 9.88 Å². The first-order valence-corrected chi connectivity index (χ1v) is 17.2. The van der Waals surface area contributed by atoms with Gasteiger partial charge in [-0.05, 0) is 80.6 Å². The highest BCUT2D eigenvalue weighted by Gasteiger charge is 2.57.